The molecule has 1 fully saturated rings. The number of anilines is 1. The molecule has 0 bridgehead atoms. The van der Waals surface area contributed by atoms with E-state index in [0.717, 1.165) is 60.7 Å². The van der Waals surface area contributed by atoms with Crippen molar-refractivity contribution in [3.8, 4) is 5.82 Å². The molecule has 9 nitrogen and oxygen atoms in total. The van der Waals surface area contributed by atoms with E-state index in [9.17, 15) is 0 Å². The summed E-state index contributed by atoms with van der Waals surface area (Å²) in [5.74, 6) is 3.49. The lowest BCUT2D eigenvalue weighted by Gasteiger charge is -2.30. The Kier molecular flexibility index (Phi) is 4.37. The Morgan fingerprint density at radius 2 is 2.04 bits per heavy atom. The van der Waals surface area contributed by atoms with Crippen LogP contribution in [0.1, 0.15) is 41.8 Å². The van der Waals surface area contributed by atoms with Crippen LogP contribution in [-0.2, 0) is 6.54 Å². The molecule has 0 spiro atoms. The highest BCUT2D eigenvalue weighted by Crippen LogP contribution is 2.27. The summed E-state index contributed by atoms with van der Waals surface area (Å²) < 4.78 is 1.86. The molecule has 0 aromatic carbocycles. The molecular weight excluding hydrogens is 330 g/mol. The van der Waals surface area contributed by atoms with Gasteiger partial charge in [0.15, 0.2) is 11.6 Å². The standard InChI is InChI=1S/C17H23N9/c1-11-9-12(2)26(24-11)15-3-6-19-17(21-15)25-7-4-13(5-8-25)16-20-14(10-18)22-23-16/h3,6,9,13H,4-5,7-8,10,18H2,1-2H3,(H,20,22,23). The summed E-state index contributed by atoms with van der Waals surface area (Å²) in [5.41, 5.74) is 7.64. The highest BCUT2D eigenvalue weighted by molar-refractivity contribution is 5.36. The number of aromatic nitrogens is 7. The molecule has 4 rings (SSSR count). The van der Waals surface area contributed by atoms with E-state index in [1.165, 1.54) is 0 Å². The zero-order valence-electron chi connectivity index (χ0n) is 15.1. The Balaban J connectivity index is 1.48. The normalized spacial score (nSPS) is 15.6. The van der Waals surface area contributed by atoms with Gasteiger partial charge in [-0.25, -0.2) is 14.6 Å². The van der Waals surface area contributed by atoms with Crippen LogP contribution in [-0.4, -0.2) is 48.0 Å². The fraction of sp³-hybridized carbons (Fsp3) is 0.471. The SMILES string of the molecule is Cc1cc(C)n(-c2ccnc(N3CCC(c4n[nH]c(CN)n4)CC3)n2)n1. The van der Waals surface area contributed by atoms with Crippen LogP contribution in [0.4, 0.5) is 5.95 Å². The van der Waals surface area contributed by atoms with Crippen LogP contribution in [0, 0.1) is 13.8 Å². The van der Waals surface area contributed by atoms with Crippen LogP contribution in [0.25, 0.3) is 5.82 Å². The highest BCUT2D eigenvalue weighted by atomic mass is 15.3. The summed E-state index contributed by atoms with van der Waals surface area (Å²) in [7, 11) is 0. The van der Waals surface area contributed by atoms with Crippen LogP contribution in [0.3, 0.4) is 0 Å². The first kappa shape index (κ1) is 16.6. The summed E-state index contributed by atoms with van der Waals surface area (Å²) >= 11 is 0. The molecule has 0 unspecified atom stereocenters. The number of hydrogen-bond donors (Lipinski definition) is 2. The average Bonchev–Trinajstić information content (AvgIpc) is 3.28. The van der Waals surface area contributed by atoms with Gasteiger partial charge in [-0.05, 0) is 32.8 Å². The molecule has 1 aliphatic rings. The van der Waals surface area contributed by atoms with Crippen LogP contribution in [0.15, 0.2) is 18.3 Å². The maximum atomic E-state index is 5.60. The zero-order valence-corrected chi connectivity index (χ0v) is 15.1. The van der Waals surface area contributed by atoms with Gasteiger partial charge in [-0.2, -0.15) is 15.2 Å². The molecular formula is C17H23N9. The molecule has 3 aromatic rings. The largest absolute Gasteiger partial charge is 0.341 e. The number of nitrogens with zero attached hydrogens (tertiary/aromatic N) is 7. The number of rotatable bonds is 4. The van der Waals surface area contributed by atoms with E-state index in [1.807, 2.05) is 30.7 Å². The van der Waals surface area contributed by atoms with Gasteiger partial charge in [-0.3, -0.25) is 5.10 Å². The van der Waals surface area contributed by atoms with Crippen molar-refractivity contribution in [3.05, 3.63) is 41.4 Å². The van der Waals surface area contributed by atoms with Crippen molar-refractivity contribution < 1.29 is 0 Å². The fourth-order valence-corrected chi connectivity index (χ4v) is 3.39. The zero-order chi connectivity index (χ0) is 18.1. The summed E-state index contributed by atoms with van der Waals surface area (Å²) in [6.45, 7) is 6.14. The predicted octanol–water partition coefficient (Wildman–Crippen LogP) is 1.24. The van der Waals surface area contributed by atoms with Crippen molar-refractivity contribution >= 4 is 5.95 Å². The first-order valence-electron chi connectivity index (χ1n) is 8.87. The first-order valence-corrected chi connectivity index (χ1v) is 8.87. The smallest absolute Gasteiger partial charge is 0.227 e. The average molecular weight is 353 g/mol. The van der Waals surface area contributed by atoms with E-state index >= 15 is 0 Å². The molecule has 3 N–H and O–H groups in total. The lowest BCUT2D eigenvalue weighted by Crippen LogP contribution is -2.34. The summed E-state index contributed by atoms with van der Waals surface area (Å²) in [5, 5.41) is 11.7. The second kappa shape index (κ2) is 6.83. The minimum atomic E-state index is 0.349. The van der Waals surface area contributed by atoms with E-state index in [0.29, 0.717) is 12.5 Å². The number of aryl methyl sites for hydroxylation is 2. The van der Waals surface area contributed by atoms with Gasteiger partial charge < -0.3 is 10.6 Å². The monoisotopic (exact) mass is 353 g/mol. The van der Waals surface area contributed by atoms with Gasteiger partial charge in [0.1, 0.15) is 5.82 Å². The minimum absolute atomic E-state index is 0.349. The van der Waals surface area contributed by atoms with Gasteiger partial charge in [0, 0.05) is 37.0 Å². The maximum Gasteiger partial charge on any atom is 0.227 e. The Morgan fingerprint density at radius 1 is 1.23 bits per heavy atom. The second-order valence-corrected chi connectivity index (χ2v) is 6.66. The topological polar surface area (TPSA) is 114 Å². The molecule has 0 amide bonds. The number of piperidine rings is 1. The Labute approximate surface area is 151 Å². The lowest BCUT2D eigenvalue weighted by atomic mass is 9.96. The summed E-state index contributed by atoms with van der Waals surface area (Å²) in [6, 6.07) is 3.93. The van der Waals surface area contributed by atoms with E-state index in [1.54, 1.807) is 6.20 Å². The van der Waals surface area contributed by atoms with Crippen molar-refractivity contribution in [2.75, 3.05) is 18.0 Å². The number of aromatic amines is 1. The third kappa shape index (κ3) is 3.17. The van der Waals surface area contributed by atoms with E-state index in [2.05, 4.69) is 30.2 Å². The molecule has 1 saturated heterocycles. The summed E-state index contributed by atoms with van der Waals surface area (Å²) in [4.78, 5) is 15.9. The molecule has 3 aromatic heterocycles. The Morgan fingerprint density at radius 3 is 2.69 bits per heavy atom. The molecule has 26 heavy (non-hydrogen) atoms. The molecule has 0 aliphatic carbocycles. The van der Waals surface area contributed by atoms with Crippen molar-refractivity contribution in [2.24, 2.45) is 5.73 Å². The first-order chi connectivity index (χ1) is 12.6. The Hall–Kier alpha value is -2.81. The number of nitrogens with two attached hydrogens (primary N) is 1. The quantitative estimate of drug-likeness (QED) is 0.725. The molecule has 0 radical (unpaired) electrons. The number of nitrogens with one attached hydrogen (secondary N) is 1. The van der Waals surface area contributed by atoms with Gasteiger partial charge in [-0.1, -0.05) is 0 Å². The van der Waals surface area contributed by atoms with Crippen LogP contribution < -0.4 is 10.6 Å². The second-order valence-electron chi connectivity index (χ2n) is 6.66. The van der Waals surface area contributed by atoms with Gasteiger partial charge in [0.25, 0.3) is 0 Å². The Bertz CT molecular complexity index is 889. The van der Waals surface area contributed by atoms with E-state index in [-0.39, 0.29) is 0 Å². The number of hydrogen-bond acceptors (Lipinski definition) is 7. The molecule has 0 atom stereocenters. The van der Waals surface area contributed by atoms with Gasteiger partial charge >= 0.3 is 0 Å². The minimum Gasteiger partial charge on any atom is -0.341 e. The fourth-order valence-electron chi connectivity index (χ4n) is 3.39. The molecule has 0 saturated carbocycles. The summed E-state index contributed by atoms with van der Waals surface area (Å²) in [6.07, 6.45) is 3.73. The molecule has 4 heterocycles. The predicted molar refractivity (Wildman–Crippen MR) is 97.1 cm³/mol. The molecule has 1 aliphatic heterocycles. The third-order valence-corrected chi connectivity index (χ3v) is 4.74. The van der Waals surface area contributed by atoms with Crippen molar-refractivity contribution in [2.45, 2.75) is 39.2 Å². The van der Waals surface area contributed by atoms with Crippen molar-refractivity contribution in [1.82, 2.24) is 34.9 Å². The van der Waals surface area contributed by atoms with Crippen LogP contribution in [0.5, 0.6) is 0 Å². The molecule has 136 valence electrons. The van der Waals surface area contributed by atoms with E-state index in [4.69, 9.17) is 10.7 Å². The van der Waals surface area contributed by atoms with E-state index < -0.39 is 0 Å². The highest BCUT2D eigenvalue weighted by Gasteiger charge is 2.25. The van der Waals surface area contributed by atoms with Gasteiger partial charge in [0.05, 0.1) is 12.2 Å². The van der Waals surface area contributed by atoms with Crippen LogP contribution in [0.2, 0.25) is 0 Å². The van der Waals surface area contributed by atoms with Gasteiger partial charge in [-0.15, -0.1) is 0 Å². The van der Waals surface area contributed by atoms with Crippen molar-refractivity contribution in [3.63, 3.8) is 0 Å². The van der Waals surface area contributed by atoms with Crippen LogP contribution >= 0.6 is 0 Å². The third-order valence-electron chi connectivity index (χ3n) is 4.74. The van der Waals surface area contributed by atoms with Gasteiger partial charge in [0.2, 0.25) is 5.95 Å². The maximum absolute atomic E-state index is 5.60. The lowest BCUT2D eigenvalue weighted by molar-refractivity contribution is 0.481. The van der Waals surface area contributed by atoms with Crippen molar-refractivity contribution in [1.29, 1.82) is 0 Å². The number of H-pyrrole nitrogens is 1. The molecule has 9 heteroatoms.